The fraction of sp³-hybridized carbons (Fsp3) is 0.261. The molecule has 0 fully saturated rings. The van der Waals surface area contributed by atoms with Crippen molar-refractivity contribution >= 4 is 22.8 Å². The molecule has 0 spiro atoms. The Balaban J connectivity index is 1.75. The zero-order chi connectivity index (χ0) is 20.3. The molecule has 5 nitrogen and oxygen atoms in total. The normalized spacial score (nSPS) is 11.9. The van der Waals surface area contributed by atoms with E-state index < -0.39 is 12.1 Å². The molecule has 5 heteroatoms. The second-order valence-electron chi connectivity index (χ2n) is 6.94. The molecule has 1 aromatic heterocycles. The third kappa shape index (κ3) is 4.03. The molecule has 3 aromatic rings. The first-order chi connectivity index (χ1) is 13.4. The van der Waals surface area contributed by atoms with E-state index in [2.05, 4.69) is 4.98 Å². The van der Waals surface area contributed by atoms with Gasteiger partial charge in [0.1, 0.15) is 0 Å². The van der Waals surface area contributed by atoms with Gasteiger partial charge in [0.2, 0.25) is 0 Å². The highest BCUT2D eigenvalue weighted by molar-refractivity contribution is 5.99. The molecule has 0 aliphatic carbocycles. The molecule has 144 valence electrons. The molecular formula is C23H24N2O3. The zero-order valence-electron chi connectivity index (χ0n) is 16.6. The van der Waals surface area contributed by atoms with Crippen molar-refractivity contribution in [2.45, 2.75) is 33.4 Å². The van der Waals surface area contributed by atoms with Crippen LogP contribution >= 0.6 is 0 Å². The number of amides is 1. The number of fused-ring (bicyclic) bond motifs is 1. The minimum atomic E-state index is -0.883. The summed E-state index contributed by atoms with van der Waals surface area (Å²) in [6.45, 7) is 5.71. The number of para-hydroxylation sites is 1. The van der Waals surface area contributed by atoms with Gasteiger partial charge in [0.05, 0.1) is 16.8 Å². The first-order valence-corrected chi connectivity index (χ1v) is 9.24. The van der Waals surface area contributed by atoms with Gasteiger partial charge in [-0.15, -0.1) is 0 Å². The maximum absolute atomic E-state index is 12.8. The van der Waals surface area contributed by atoms with Gasteiger partial charge in [0.15, 0.2) is 6.10 Å². The number of benzene rings is 2. The molecule has 0 aliphatic rings. The third-order valence-electron chi connectivity index (χ3n) is 4.81. The average Bonchev–Trinajstić information content (AvgIpc) is 2.68. The molecule has 1 atom stereocenters. The minimum Gasteiger partial charge on any atom is -0.449 e. The lowest BCUT2D eigenvalue weighted by molar-refractivity contribution is -0.139. The molecule has 1 heterocycles. The molecule has 0 aliphatic heterocycles. The van der Waals surface area contributed by atoms with E-state index in [1.54, 1.807) is 25.8 Å². The molecule has 0 radical (unpaired) electrons. The van der Waals surface area contributed by atoms with Crippen molar-refractivity contribution in [3.63, 3.8) is 0 Å². The van der Waals surface area contributed by atoms with Crippen LogP contribution in [0.4, 0.5) is 0 Å². The highest BCUT2D eigenvalue weighted by atomic mass is 16.5. The predicted molar refractivity (Wildman–Crippen MR) is 109 cm³/mol. The van der Waals surface area contributed by atoms with Gasteiger partial charge in [0, 0.05) is 19.0 Å². The molecule has 0 N–H and O–H groups in total. The van der Waals surface area contributed by atoms with Gasteiger partial charge < -0.3 is 9.64 Å². The number of hydrogen-bond acceptors (Lipinski definition) is 4. The van der Waals surface area contributed by atoms with Crippen LogP contribution in [0.3, 0.4) is 0 Å². The maximum Gasteiger partial charge on any atom is 0.341 e. The molecule has 3 rings (SSSR count). The summed E-state index contributed by atoms with van der Waals surface area (Å²) in [5.41, 5.74) is 3.68. The Labute approximate surface area is 165 Å². The van der Waals surface area contributed by atoms with Crippen molar-refractivity contribution in [3.05, 3.63) is 77.0 Å². The van der Waals surface area contributed by atoms with E-state index in [1.807, 2.05) is 61.5 Å². The number of carbonyl (C=O) groups is 2. The summed E-state index contributed by atoms with van der Waals surface area (Å²) in [5.74, 6) is -0.775. The van der Waals surface area contributed by atoms with Crippen LogP contribution in [0.2, 0.25) is 0 Å². The monoisotopic (exact) mass is 376 g/mol. The van der Waals surface area contributed by atoms with Gasteiger partial charge in [-0.2, -0.15) is 0 Å². The number of nitrogens with zero attached hydrogens (tertiary/aromatic N) is 2. The molecular weight excluding hydrogens is 352 g/mol. The predicted octanol–water partition coefficient (Wildman–Crippen LogP) is 4.06. The van der Waals surface area contributed by atoms with Crippen molar-refractivity contribution in [2.24, 2.45) is 0 Å². The summed E-state index contributed by atoms with van der Waals surface area (Å²) in [6, 6.07) is 17.3. The Hall–Kier alpha value is -3.21. The first-order valence-electron chi connectivity index (χ1n) is 9.24. The number of aryl methyl sites for hydroxylation is 2. The van der Waals surface area contributed by atoms with Crippen LogP contribution in [0.15, 0.2) is 54.6 Å². The van der Waals surface area contributed by atoms with E-state index in [1.165, 1.54) is 0 Å². The molecule has 0 bridgehead atoms. The molecule has 0 saturated carbocycles. The molecule has 2 aromatic carbocycles. The largest absolute Gasteiger partial charge is 0.449 e. The summed E-state index contributed by atoms with van der Waals surface area (Å²) in [5, 5.41) is 0.903. The maximum atomic E-state index is 12.8. The number of esters is 1. The third-order valence-corrected chi connectivity index (χ3v) is 4.81. The molecule has 1 unspecified atom stereocenters. The van der Waals surface area contributed by atoms with Crippen molar-refractivity contribution in [3.8, 4) is 0 Å². The highest BCUT2D eigenvalue weighted by Crippen LogP contribution is 2.23. The molecule has 28 heavy (non-hydrogen) atoms. The van der Waals surface area contributed by atoms with Crippen LogP contribution in [0.25, 0.3) is 10.9 Å². The van der Waals surface area contributed by atoms with Gasteiger partial charge in [-0.1, -0.05) is 48.5 Å². The van der Waals surface area contributed by atoms with Crippen molar-refractivity contribution < 1.29 is 14.3 Å². The molecule has 0 saturated heterocycles. The van der Waals surface area contributed by atoms with Crippen molar-refractivity contribution in [2.75, 3.05) is 7.05 Å². The number of ether oxygens (including phenoxy) is 1. The number of aromatic nitrogens is 1. The lowest BCUT2D eigenvalue weighted by Gasteiger charge is -2.22. The number of likely N-dealkylation sites (N-methyl/N-ethyl adjacent to an activating group) is 1. The Morgan fingerprint density at radius 1 is 1.04 bits per heavy atom. The van der Waals surface area contributed by atoms with Crippen LogP contribution < -0.4 is 0 Å². The fourth-order valence-corrected chi connectivity index (χ4v) is 3.35. The summed E-state index contributed by atoms with van der Waals surface area (Å²) in [4.78, 5) is 31.5. The van der Waals surface area contributed by atoms with E-state index in [9.17, 15) is 9.59 Å². The average molecular weight is 376 g/mol. The second-order valence-corrected chi connectivity index (χ2v) is 6.94. The van der Waals surface area contributed by atoms with Crippen LogP contribution in [0, 0.1) is 13.8 Å². The highest BCUT2D eigenvalue weighted by Gasteiger charge is 2.25. The fourth-order valence-electron chi connectivity index (χ4n) is 3.35. The van der Waals surface area contributed by atoms with Crippen LogP contribution in [-0.2, 0) is 16.1 Å². The second kappa shape index (κ2) is 8.21. The van der Waals surface area contributed by atoms with E-state index in [0.717, 1.165) is 22.0 Å². The SMILES string of the molecule is Cc1nc2ccccc2c(C)c1C(=O)OC(C)C(=O)N(C)Cc1ccccc1. The Morgan fingerprint density at radius 2 is 1.68 bits per heavy atom. The van der Waals surface area contributed by atoms with Crippen molar-refractivity contribution in [1.82, 2.24) is 9.88 Å². The van der Waals surface area contributed by atoms with Gasteiger partial charge in [-0.05, 0) is 38.0 Å². The summed E-state index contributed by atoms with van der Waals surface area (Å²) in [6.07, 6.45) is -0.883. The van der Waals surface area contributed by atoms with Gasteiger partial charge in [0.25, 0.3) is 5.91 Å². The summed E-state index contributed by atoms with van der Waals surface area (Å²) in [7, 11) is 1.70. The number of rotatable bonds is 5. The topological polar surface area (TPSA) is 59.5 Å². The number of carbonyl (C=O) groups excluding carboxylic acids is 2. The van der Waals surface area contributed by atoms with Crippen molar-refractivity contribution in [1.29, 1.82) is 0 Å². The minimum absolute atomic E-state index is 0.249. The standard InChI is InChI=1S/C23H24N2O3/c1-15-19-12-8-9-13-20(19)24-16(2)21(15)23(27)28-17(3)22(26)25(4)14-18-10-6-5-7-11-18/h5-13,17H,14H2,1-4H3. The lowest BCUT2D eigenvalue weighted by Crippen LogP contribution is -2.37. The van der Waals surface area contributed by atoms with E-state index in [0.29, 0.717) is 17.8 Å². The van der Waals surface area contributed by atoms with Gasteiger partial charge in [-0.3, -0.25) is 9.78 Å². The van der Waals surface area contributed by atoms with Crippen LogP contribution in [0.1, 0.15) is 34.1 Å². The van der Waals surface area contributed by atoms with E-state index >= 15 is 0 Å². The Bertz CT molecular complexity index is 1020. The van der Waals surface area contributed by atoms with E-state index in [4.69, 9.17) is 4.74 Å². The Kier molecular flexibility index (Phi) is 5.73. The summed E-state index contributed by atoms with van der Waals surface area (Å²) >= 11 is 0. The smallest absolute Gasteiger partial charge is 0.341 e. The summed E-state index contributed by atoms with van der Waals surface area (Å²) < 4.78 is 5.50. The lowest BCUT2D eigenvalue weighted by atomic mass is 10.0. The number of hydrogen-bond donors (Lipinski definition) is 0. The molecule has 1 amide bonds. The number of pyridine rings is 1. The van der Waals surface area contributed by atoms with Gasteiger partial charge >= 0.3 is 5.97 Å². The Morgan fingerprint density at radius 3 is 2.39 bits per heavy atom. The van der Waals surface area contributed by atoms with E-state index in [-0.39, 0.29) is 5.91 Å². The quantitative estimate of drug-likeness (QED) is 0.630. The van der Waals surface area contributed by atoms with Gasteiger partial charge in [-0.25, -0.2) is 4.79 Å². The van der Waals surface area contributed by atoms with Crippen LogP contribution in [-0.4, -0.2) is 34.9 Å². The van der Waals surface area contributed by atoms with Crippen LogP contribution in [0.5, 0.6) is 0 Å². The first kappa shape index (κ1) is 19.5. The zero-order valence-corrected chi connectivity index (χ0v) is 16.6.